The topological polar surface area (TPSA) is 124 Å². The lowest BCUT2D eigenvalue weighted by molar-refractivity contribution is -0.395. The van der Waals surface area contributed by atoms with Gasteiger partial charge >= 0.3 is 5.97 Å². The number of aromatic carboxylic acids is 1. The van der Waals surface area contributed by atoms with E-state index in [0.717, 1.165) is 12.1 Å². The lowest BCUT2D eigenvalue weighted by Crippen LogP contribution is -2.14. The molecule has 0 aliphatic heterocycles. The maximum absolute atomic E-state index is 11.0. The van der Waals surface area contributed by atoms with Crippen LogP contribution in [0.25, 0.3) is 0 Å². The number of hydrogen-bond donors (Lipinski definition) is 1. The van der Waals surface area contributed by atoms with Gasteiger partial charge in [0.1, 0.15) is 5.56 Å². The molecular weight excluding hydrogens is 268 g/mol. The number of carboxylic acids is 1. The van der Waals surface area contributed by atoms with Crippen LogP contribution >= 0.6 is 0 Å². The summed E-state index contributed by atoms with van der Waals surface area (Å²) in [6, 6.07) is 1.72. The predicted molar refractivity (Wildman–Crippen MR) is 69.9 cm³/mol. The van der Waals surface area contributed by atoms with Crippen LogP contribution in [0.2, 0.25) is 0 Å². The van der Waals surface area contributed by atoms with Crippen molar-refractivity contribution in [1.29, 1.82) is 0 Å². The number of nitro groups is 2. The van der Waals surface area contributed by atoms with E-state index in [1.807, 2.05) is 0 Å². The Morgan fingerprint density at radius 3 is 1.80 bits per heavy atom. The predicted octanol–water partition coefficient (Wildman–Crippen LogP) is 2.79. The summed E-state index contributed by atoms with van der Waals surface area (Å²) in [5.41, 5.74) is -2.02. The maximum Gasteiger partial charge on any atom is 0.336 e. The molecule has 0 unspecified atom stereocenters. The van der Waals surface area contributed by atoms with Crippen LogP contribution in [0.1, 0.15) is 36.7 Å². The molecule has 0 heterocycles. The van der Waals surface area contributed by atoms with Crippen molar-refractivity contribution >= 4 is 17.3 Å². The van der Waals surface area contributed by atoms with Crippen molar-refractivity contribution in [2.45, 2.75) is 27.2 Å². The Bertz CT molecular complexity index is 553. The van der Waals surface area contributed by atoms with Crippen molar-refractivity contribution in [3.05, 3.63) is 43.5 Å². The number of benzene rings is 1. The molecule has 0 bridgehead atoms. The highest BCUT2D eigenvalue weighted by Crippen LogP contribution is 2.35. The molecule has 1 aromatic rings. The molecule has 0 radical (unpaired) electrons. The van der Waals surface area contributed by atoms with Crippen molar-refractivity contribution in [3.63, 3.8) is 0 Å². The number of nitro benzene ring substituents is 2. The van der Waals surface area contributed by atoms with Gasteiger partial charge in [-0.05, 0) is 11.8 Å². The fourth-order valence-electron chi connectivity index (χ4n) is 1.80. The van der Waals surface area contributed by atoms with E-state index in [0.29, 0.717) is 0 Å². The third-order valence-electron chi connectivity index (χ3n) is 2.55. The highest BCUT2D eigenvalue weighted by molar-refractivity contribution is 5.90. The first kappa shape index (κ1) is 15.5. The minimum Gasteiger partial charge on any atom is -0.478 e. The van der Waals surface area contributed by atoms with E-state index >= 15 is 0 Å². The Balaban J connectivity index is 3.64. The van der Waals surface area contributed by atoms with Gasteiger partial charge in [0.2, 0.25) is 0 Å². The third-order valence-corrected chi connectivity index (χ3v) is 2.55. The zero-order chi connectivity index (χ0) is 15.7. The van der Waals surface area contributed by atoms with Crippen LogP contribution in [0, 0.1) is 25.6 Å². The van der Waals surface area contributed by atoms with Gasteiger partial charge in [0.15, 0.2) is 0 Å². The molecule has 0 amide bonds. The van der Waals surface area contributed by atoms with Crippen LogP contribution < -0.4 is 0 Å². The summed E-state index contributed by atoms with van der Waals surface area (Å²) in [5, 5.41) is 31.0. The van der Waals surface area contributed by atoms with Gasteiger partial charge < -0.3 is 5.11 Å². The fourth-order valence-corrected chi connectivity index (χ4v) is 1.80. The van der Waals surface area contributed by atoms with E-state index in [9.17, 15) is 25.0 Å². The second-order valence-electron chi connectivity index (χ2n) is 5.55. The van der Waals surface area contributed by atoms with Crippen LogP contribution in [0.4, 0.5) is 11.4 Å². The number of hydrogen-bond acceptors (Lipinski definition) is 5. The van der Waals surface area contributed by atoms with Crippen molar-refractivity contribution in [1.82, 2.24) is 0 Å². The smallest absolute Gasteiger partial charge is 0.336 e. The first-order chi connectivity index (χ1) is 9.03. The molecule has 0 atom stereocenters. The Morgan fingerprint density at radius 2 is 1.55 bits per heavy atom. The molecule has 8 nitrogen and oxygen atoms in total. The minimum absolute atomic E-state index is 0.0579. The fraction of sp³-hybridized carbons (Fsp3) is 0.417. The number of carboxylic acid groups (broad SMARTS) is 1. The lowest BCUT2D eigenvalue weighted by atomic mass is 9.86. The maximum atomic E-state index is 11.0. The average Bonchev–Trinajstić information content (AvgIpc) is 2.25. The number of carbonyl (C=O) groups is 1. The van der Waals surface area contributed by atoms with Crippen LogP contribution in [0.3, 0.4) is 0 Å². The molecule has 20 heavy (non-hydrogen) atoms. The molecule has 0 aromatic heterocycles. The molecule has 0 saturated heterocycles. The van der Waals surface area contributed by atoms with E-state index in [2.05, 4.69) is 0 Å². The first-order valence-electron chi connectivity index (χ1n) is 5.72. The largest absolute Gasteiger partial charge is 0.478 e. The molecule has 108 valence electrons. The summed E-state index contributed by atoms with van der Waals surface area (Å²) in [5.74, 6) is -1.45. The van der Waals surface area contributed by atoms with Gasteiger partial charge in [0.05, 0.1) is 15.4 Å². The summed E-state index contributed by atoms with van der Waals surface area (Å²) in [6.07, 6.45) is 0.0968. The quantitative estimate of drug-likeness (QED) is 0.668. The van der Waals surface area contributed by atoms with Gasteiger partial charge in [0.25, 0.3) is 11.4 Å². The van der Waals surface area contributed by atoms with Crippen LogP contribution in [0.15, 0.2) is 12.1 Å². The second-order valence-corrected chi connectivity index (χ2v) is 5.55. The third kappa shape index (κ3) is 3.50. The van der Waals surface area contributed by atoms with Gasteiger partial charge in [0, 0.05) is 12.1 Å². The Labute approximate surface area is 114 Å². The van der Waals surface area contributed by atoms with Crippen molar-refractivity contribution in [3.8, 4) is 0 Å². The molecule has 0 aliphatic rings. The van der Waals surface area contributed by atoms with E-state index < -0.39 is 38.2 Å². The monoisotopic (exact) mass is 282 g/mol. The van der Waals surface area contributed by atoms with Crippen LogP contribution in [0.5, 0.6) is 0 Å². The van der Waals surface area contributed by atoms with E-state index in [-0.39, 0.29) is 12.0 Å². The molecule has 1 rings (SSSR count). The van der Waals surface area contributed by atoms with Gasteiger partial charge in [-0.1, -0.05) is 20.8 Å². The Kier molecular flexibility index (Phi) is 4.07. The molecular formula is C12H14N2O6. The summed E-state index contributed by atoms with van der Waals surface area (Å²) in [7, 11) is 0. The lowest BCUT2D eigenvalue weighted by Gasteiger charge is -2.18. The molecule has 0 aliphatic carbocycles. The van der Waals surface area contributed by atoms with Gasteiger partial charge in [-0.3, -0.25) is 20.2 Å². The van der Waals surface area contributed by atoms with Crippen LogP contribution in [-0.4, -0.2) is 20.9 Å². The van der Waals surface area contributed by atoms with Crippen molar-refractivity contribution in [2.24, 2.45) is 5.41 Å². The standard InChI is InChI=1S/C12H14N2O6/c1-12(2,3)6-8-9(13(17)18)4-7(11(15)16)5-10(8)14(19)20/h4-5H,6H2,1-3H3,(H,15,16). The highest BCUT2D eigenvalue weighted by Gasteiger charge is 2.31. The van der Waals surface area contributed by atoms with Crippen molar-refractivity contribution < 1.29 is 19.7 Å². The SMILES string of the molecule is CC(C)(C)Cc1c([N+](=O)[O-])cc(C(=O)O)cc1[N+](=O)[O-]. The molecule has 0 spiro atoms. The summed E-state index contributed by atoms with van der Waals surface area (Å²) in [4.78, 5) is 31.4. The normalized spacial score (nSPS) is 11.2. The average molecular weight is 282 g/mol. The molecule has 1 N–H and O–H groups in total. The van der Waals surface area contributed by atoms with E-state index in [1.165, 1.54) is 0 Å². The summed E-state index contributed by atoms with van der Waals surface area (Å²) in [6.45, 7) is 5.35. The van der Waals surface area contributed by atoms with E-state index in [4.69, 9.17) is 5.11 Å². The minimum atomic E-state index is -1.45. The van der Waals surface area contributed by atoms with E-state index in [1.54, 1.807) is 20.8 Å². The molecule has 0 saturated carbocycles. The van der Waals surface area contributed by atoms with Gasteiger partial charge in [-0.25, -0.2) is 4.79 Å². The summed E-state index contributed by atoms with van der Waals surface area (Å²) < 4.78 is 0. The number of nitrogens with zero attached hydrogens (tertiary/aromatic N) is 2. The first-order valence-corrected chi connectivity index (χ1v) is 5.72. The molecule has 8 heteroatoms. The second kappa shape index (κ2) is 5.24. The van der Waals surface area contributed by atoms with Gasteiger partial charge in [-0.2, -0.15) is 0 Å². The zero-order valence-corrected chi connectivity index (χ0v) is 11.2. The van der Waals surface area contributed by atoms with Crippen molar-refractivity contribution in [2.75, 3.05) is 0 Å². The molecule has 0 fully saturated rings. The highest BCUT2D eigenvalue weighted by atomic mass is 16.6. The van der Waals surface area contributed by atoms with Gasteiger partial charge in [-0.15, -0.1) is 0 Å². The Morgan fingerprint density at radius 1 is 1.15 bits per heavy atom. The summed E-state index contributed by atoms with van der Waals surface area (Å²) >= 11 is 0. The number of rotatable bonds is 4. The zero-order valence-electron chi connectivity index (χ0n) is 11.2. The Hall–Kier alpha value is -2.51. The molecule has 1 aromatic carbocycles. The van der Waals surface area contributed by atoms with Crippen LogP contribution in [-0.2, 0) is 6.42 Å².